The highest BCUT2D eigenvalue weighted by atomic mass is 16.1. The summed E-state index contributed by atoms with van der Waals surface area (Å²) in [4.78, 5) is 20.1. The van der Waals surface area contributed by atoms with Crippen LogP contribution in [0.3, 0.4) is 0 Å². The van der Waals surface area contributed by atoms with Gasteiger partial charge in [0.05, 0.1) is 23.7 Å². The Balaban J connectivity index is 0.000000245. The smallest absolute Gasteiger partial charge is 0.209 e. The molecular weight excluding hydrogens is 460 g/mol. The maximum Gasteiger partial charge on any atom is 0.209 e. The molecule has 0 radical (unpaired) electrons. The Morgan fingerprint density at radius 2 is 1.86 bits per heavy atom. The molecule has 0 spiro atoms. The zero-order valence-corrected chi connectivity index (χ0v) is 21.8. The van der Waals surface area contributed by atoms with Gasteiger partial charge in [0.15, 0.2) is 0 Å². The van der Waals surface area contributed by atoms with E-state index in [1.807, 2.05) is 68.6 Å². The lowest BCUT2D eigenvalue weighted by Gasteiger charge is -2.29. The van der Waals surface area contributed by atoms with Gasteiger partial charge in [-0.2, -0.15) is 5.26 Å². The molecule has 2 aromatic carbocycles. The number of piperidine rings is 1. The van der Waals surface area contributed by atoms with E-state index in [1.54, 1.807) is 0 Å². The van der Waals surface area contributed by atoms with Crippen molar-refractivity contribution in [2.45, 2.75) is 25.2 Å². The van der Waals surface area contributed by atoms with Crippen LogP contribution in [0.5, 0.6) is 0 Å². The summed E-state index contributed by atoms with van der Waals surface area (Å²) in [5, 5.41) is 12.2. The number of likely N-dealkylation sites (tertiary alicyclic amines) is 1. The summed E-state index contributed by atoms with van der Waals surface area (Å²) >= 11 is 0. The molecule has 0 aliphatic carbocycles. The highest BCUT2D eigenvalue weighted by molar-refractivity contribution is 5.80. The molecule has 7 heteroatoms. The van der Waals surface area contributed by atoms with Gasteiger partial charge in [-0.1, -0.05) is 30.3 Å². The molecule has 7 nitrogen and oxygen atoms in total. The zero-order chi connectivity index (χ0) is 26.2. The molecule has 190 valence electrons. The van der Waals surface area contributed by atoms with E-state index >= 15 is 0 Å². The summed E-state index contributed by atoms with van der Waals surface area (Å²) in [5.74, 6) is 1.22. The number of nitrogens with zero attached hydrogens (tertiary/aromatic N) is 5. The van der Waals surface area contributed by atoms with Gasteiger partial charge in [-0.3, -0.25) is 4.79 Å². The quantitative estimate of drug-likeness (QED) is 0.373. The van der Waals surface area contributed by atoms with Gasteiger partial charge in [-0.05, 0) is 54.8 Å². The van der Waals surface area contributed by atoms with Crippen LogP contribution in [0, 0.1) is 11.3 Å². The molecule has 1 aliphatic rings. The average Bonchev–Trinajstić information content (AvgIpc) is 3.33. The van der Waals surface area contributed by atoms with Crippen molar-refractivity contribution < 1.29 is 4.79 Å². The van der Waals surface area contributed by atoms with E-state index in [-0.39, 0.29) is 5.92 Å². The molecule has 4 aromatic rings. The molecular formula is C30H34N6O. The Morgan fingerprint density at radius 3 is 2.57 bits per heavy atom. The van der Waals surface area contributed by atoms with Crippen LogP contribution in [0.15, 0.2) is 72.9 Å². The molecule has 1 aliphatic heterocycles. The predicted molar refractivity (Wildman–Crippen MR) is 150 cm³/mol. The fraction of sp³-hybridized carbons (Fsp3) is 0.300. The summed E-state index contributed by atoms with van der Waals surface area (Å²) in [7, 11) is 5.99. The highest BCUT2D eigenvalue weighted by Gasteiger charge is 2.26. The highest BCUT2D eigenvalue weighted by Crippen LogP contribution is 2.33. The first-order chi connectivity index (χ1) is 18.0. The number of hydrogen-bond acceptors (Lipinski definition) is 5. The first-order valence-corrected chi connectivity index (χ1v) is 12.6. The second-order valence-electron chi connectivity index (χ2n) is 9.40. The van der Waals surface area contributed by atoms with Crippen LogP contribution in [0.1, 0.15) is 30.1 Å². The van der Waals surface area contributed by atoms with E-state index in [1.165, 1.54) is 5.69 Å². The maximum absolute atomic E-state index is 11.2. The van der Waals surface area contributed by atoms with Gasteiger partial charge in [-0.15, -0.1) is 0 Å². The second-order valence-corrected chi connectivity index (χ2v) is 9.40. The van der Waals surface area contributed by atoms with E-state index in [2.05, 4.69) is 51.0 Å². The van der Waals surface area contributed by atoms with Crippen LogP contribution < -0.4 is 10.2 Å². The first-order valence-electron chi connectivity index (χ1n) is 12.6. The number of rotatable bonds is 6. The lowest BCUT2D eigenvalue weighted by Crippen LogP contribution is -2.33. The number of pyridine rings is 1. The van der Waals surface area contributed by atoms with Crippen LogP contribution in [0.4, 0.5) is 11.4 Å². The van der Waals surface area contributed by atoms with Crippen molar-refractivity contribution in [3.05, 3.63) is 84.3 Å². The van der Waals surface area contributed by atoms with E-state index in [4.69, 9.17) is 10.2 Å². The minimum Gasteiger partial charge on any atom is -0.388 e. The number of imidazole rings is 1. The molecule has 1 atom stereocenters. The van der Waals surface area contributed by atoms with Crippen LogP contribution in [0.2, 0.25) is 0 Å². The third-order valence-corrected chi connectivity index (χ3v) is 6.76. The summed E-state index contributed by atoms with van der Waals surface area (Å²) in [5.41, 5.74) is 6.32. The number of nitriles is 1. The minimum atomic E-state index is 0.223. The lowest BCUT2D eigenvalue weighted by atomic mass is 9.97. The Kier molecular flexibility index (Phi) is 8.42. The summed E-state index contributed by atoms with van der Waals surface area (Å²) in [6.45, 7) is 1.53. The standard InChI is InChI=1S/C21H20N4O.C9H14N2/c22-11-10-16-6-1-2-8-18(16)20-19-9-3-4-13-25(19)21(23-20)17-7-5-12-24(14-17)15-26;1-10-8-4-6-9(7-5-8)11(2)3/h1-4,6,8-9,13,15,17H,5,7,10,12,14H2;4-7,10H,1-3H3. The van der Waals surface area contributed by atoms with Crippen molar-refractivity contribution in [1.29, 1.82) is 5.26 Å². The third-order valence-electron chi connectivity index (χ3n) is 6.76. The lowest BCUT2D eigenvalue weighted by molar-refractivity contribution is -0.119. The minimum absolute atomic E-state index is 0.223. The molecule has 1 amide bonds. The maximum atomic E-state index is 11.2. The Morgan fingerprint density at radius 1 is 1.11 bits per heavy atom. The number of anilines is 2. The van der Waals surface area contributed by atoms with Crippen LogP contribution in [-0.2, 0) is 11.2 Å². The number of benzene rings is 2. The first kappa shape index (κ1) is 25.8. The monoisotopic (exact) mass is 494 g/mol. The van der Waals surface area contributed by atoms with Gasteiger partial charge < -0.3 is 19.5 Å². The number of nitrogens with one attached hydrogen (secondary N) is 1. The Bertz CT molecular complexity index is 1370. The molecule has 1 N–H and O–H groups in total. The van der Waals surface area contributed by atoms with E-state index < -0.39 is 0 Å². The Labute approximate surface area is 219 Å². The molecule has 1 fully saturated rings. The number of amides is 1. The van der Waals surface area contributed by atoms with Gasteiger partial charge in [-0.25, -0.2) is 4.98 Å². The molecule has 3 heterocycles. The second kappa shape index (κ2) is 12.1. The van der Waals surface area contributed by atoms with Crippen molar-refractivity contribution in [1.82, 2.24) is 14.3 Å². The fourth-order valence-electron chi connectivity index (χ4n) is 4.78. The van der Waals surface area contributed by atoms with Gasteiger partial charge in [0.2, 0.25) is 6.41 Å². The SMILES string of the molecule is CNc1ccc(N(C)C)cc1.N#CCc1ccccc1-c1nc(C2CCCN(C=O)C2)n2ccccc12. The van der Waals surface area contributed by atoms with Gasteiger partial charge in [0.1, 0.15) is 5.82 Å². The fourth-order valence-corrected chi connectivity index (χ4v) is 4.78. The molecule has 1 saturated heterocycles. The molecule has 0 saturated carbocycles. The van der Waals surface area contributed by atoms with Crippen molar-refractivity contribution in [3.8, 4) is 17.3 Å². The van der Waals surface area contributed by atoms with Gasteiger partial charge in [0.25, 0.3) is 0 Å². The van der Waals surface area contributed by atoms with Crippen LogP contribution in [-0.4, -0.2) is 54.9 Å². The van der Waals surface area contributed by atoms with Crippen molar-refractivity contribution >= 4 is 23.3 Å². The number of carbonyl (C=O) groups is 1. The molecule has 2 aromatic heterocycles. The zero-order valence-electron chi connectivity index (χ0n) is 21.8. The van der Waals surface area contributed by atoms with Crippen molar-refractivity contribution in [3.63, 3.8) is 0 Å². The number of fused-ring (bicyclic) bond motifs is 1. The molecule has 0 bridgehead atoms. The third kappa shape index (κ3) is 5.92. The average molecular weight is 495 g/mol. The molecule has 37 heavy (non-hydrogen) atoms. The predicted octanol–water partition coefficient (Wildman–Crippen LogP) is 5.20. The molecule has 5 rings (SSSR count). The van der Waals surface area contributed by atoms with E-state index in [0.29, 0.717) is 13.0 Å². The molecule has 1 unspecified atom stereocenters. The summed E-state index contributed by atoms with van der Waals surface area (Å²) in [6.07, 6.45) is 5.35. The van der Waals surface area contributed by atoms with E-state index in [0.717, 1.165) is 59.6 Å². The van der Waals surface area contributed by atoms with E-state index in [9.17, 15) is 4.79 Å². The van der Waals surface area contributed by atoms with Crippen molar-refractivity contribution in [2.24, 2.45) is 0 Å². The Hall–Kier alpha value is -4.31. The number of carbonyl (C=O) groups excluding carboxylic acids is 1. The normalized spacial score (nSPS) is 14.9. The number of aromatic nitrogens is 2. The summed E-state index contributed by atoms with van der Waals surface area (Å²) < 4.78 is 2.14. The topological polar surface area (TPSA) is 76.7 Å². The van der Waals surface area contributed by atoms with Crippen LogP contribution >= 0.6 is 0 Å². The van der Waals surface area contributed by atoms with Crippen molar-refractivity contribution in [2.75, 3.05) is 44.4 Å². The van der Waals surface area contributed by atoms with Gasteiger partial charge in [0, 0.05) is 63.3 Å². The van der Waals surface area contributed by atoms with Crippen LogP contribution in [0.25, 0.3) is 16.8 Å². The summed E-state index contributed by atoms with van der Waals surface area (Å²) in [6, 6.07) is 24.6. The number of hydrogen-bond donors (Lipinski definition) is 1. The van der Waals surface area contributed by atoms with Gasteiger partial charge >= 0.3 is 0 Å². The largest absolute Gasteiger partial charge is 0.388 e.